The Morgan fingerprint density at radius 1 is 1.03 bits per heavy atom. The van der Waals surface area contributed by atoms with Crippen LogP contribution in [0, 0.1) is 5.92 Å². The number of carbonyl (C=O) groups is 3. The number of allylic oxidation sites excluding steroid dienone is 6. The molecule has 0 spiro atoms. The Kier molecular flexibility index (Phi) is 16.6. The Morgan fingerprint density at radius 3 is 2.47 bits per heavy atom. The second kappa shape index (κ2) is 21.8. The van der Waals surface area contributed by atoms with Crippen LogP contribution in [0.1, 0.15) is 93.4 Å². The van der Waals surface area contributed by atoms with Gasteiger partial charge in [0.2, 0.25) is 12.3 Å². The lowest BCUT2D eigenvalue weighted by Crippen LogP contribution is -2.35. The summed E-state index contributed by atoms with van der Waals surface area (Å²) in [6.07, 6.45) is 20.9. The van der Waals surface area contributed by atoms with Gasteiger partial charge < -0.3 is 34.7 Å². The van der Waals surface area contributed by atoms with Gasteiger partial charge in [-0.2, -0.15) is 0 Å². The lowest BCUT2D eigenvalue weighted by molar-refractivity contribution is -0.118. The van der Waals surface area contributed by atoms with Crippen molar-refractivity contribution in [3.63, 3.8) is 0 Å². The first-order valence-electron chi connectivity index (χ1n) is 21.9. The second-order valence-electron chi connectivity index (χ2n) is 16.3. The molecule has 10 nitrogen and oxygen atoms in total. The Morgan fingerprint density at radius 2 is 1.77 bits per heavy atom. The van der Waals surface area contributed by atoms with E-state index in [2.05, 4.69) is 95.8 Å². The minimum atomic E-state index is -0.408. The van der Waals surface area contributed by atoms with Crippen LogP contribution in [0.25, 0.3) is 38.8 Å². The van der Waals surface area contributed by atoms with Crippen LogP contribution in [-0.4, -0.2) is 66.9 Å². The molecule has 1 aliphatic carbocycles. The number of carbonyl (C=O) groups excluding carboxylic acids is 3. The number of para-hydroxylation sites is 2. The van der Waals surface area contributed by atoms with Crippen LogP contribution in [0.15, 0.2) is 103 Å². The quantitative estimate of drug-likeness (QED) is 0.0472. The number of anilines is 1. The Balaban J connectivity index is 0.000000208. The molecule has 0 radical (unpaired) electrons. The summed E-state index contributed by atoms with van der Waals surface area (Å²) in [6, 6.07) is 16.1. The van der Waals surface area contributed by atoms with Gasteiger partial charge in [0.1, 0.15) is 12.0 Å². The molecule has 3 aromatic carbocycles. The minimum Gasteiger partial charge on any atom is -0.358 e. The van der Waals surface area contributed by atoms with Crippen LogP contribution < -0.4 is 16.0 Å². The first kappa shape index (κ1) is 47.2. The van der Waals surface area contributed by atoms with E-state index >= 15 is 0 Å². The number of rotatable bonds is 13. The van der Waals surface area contributed by atoms with Crippen molar-refractivity contribution in [2.24, 2.45) is 5.92 Å². The van der Waals surface area contributed by atoms with E-state index in [1.807, 2.05) is 88.5 Å². The largest absolute Gasteiger partial charge is 0.358 e. The molecule has 2 bridgehead atoms. The maximum absolute atomic E-state index is 12.7. The molecule has 2 amide bonds. The van der Waals surface area contributed by atoms with Crippen molar-refractivity contribution in [3.8, 4) is 0 Å². The van der Waals surface area contributed by atoms with Crippen LogP contribution in [0.5, 0.6) is 0 Å². The number of amides is 2. The molecule has 3 unspecified atom stereocenters. The van der Waals surface area contributed by atoms with Gasteiger partial charge in [0.15, 0.2) is 6.29 Å². The van der Waals surface area contributed by atoms with E-state index in [4.69, 9.17) is 4.74 Å². The fourth-order valence-electron chi connectivity index (χ4n) is 8.74. The van der Waals surface area contributed by atoms with Gasteiger partial charge in [0.25, 0.3) is 0 Å². The number of benzene rings is 3. The molecule has 10 heteroatoms. The maximum Gasteiger partial charge on any atom is 0.248 e. The van der Waals surface area contributed by atoms with Gasteiger partial charge >= 0.3 is 0 Å². The first-order valence-corrected chi connectivity index (χ1v) is 21.9. The van der Waals surface area contributed by atoms with Gasteiger partial charge in [0.05, 0.1) is 16.6 Å². The van der Waals surface area contributed by atoms with Crippen molar-refractivity contribution < 1.29 is 19.1 Å². The second-order valence-corrected chi connectivity index (χ2v) is 16.3. The van der Waals surface area contributed by atoms with Crippen LogP contribution in [0.3, 0.4) is 0 Å². The summed E-state index contributed by atoms with van der Waals surface area (Å²) < 4.78 is 11.9. The van der Waals surface area contributed by atoms with E-state index in [1.54, 1.807) is 6.08 Å². The van der Waals surface area contributed by atoms with Crippen LogP contribution in [0.4, 0.5) is 5.69 Å². The zero-order chi connectivity index (χ0) is 45.0. The fourth-order valence-corrected chi connectivity index (χ4v) is 8.74. The summed E-state index contributed by atoms with van der Waals surface area (Å²) in [4.78, 5) is 36.7. The number of hydrogen-bond donors (Lipinski definition) is 3. The van der Waals surface area contributed by atoms with Crippen molar-refractivity contribution in [1.82, 2.24) is 24.7 Å². The third-order valence-corrected chi connectivity index (χ3v) is 11.5. The van der Waals surface area contributed by atoms with E-state index in [1.165, 1.54) is 33.8 Å². The van der Waals surface area contributed by atoms with Crippen molar-refractivity contribution in [2.75, 3.05) is 39.5 Å². The molecule has 8 rings (SSSR count). The minimum absolute atomic E-state index is 0.0371. The molecule has 3 N–H and O–H groups in total. The van der Waals surface area contributed by atoms with Gasteiger partial charge in [-0.05, 0) is 90.9 Å². The lowest BCUT2D eigenvalue weighted by Gasteiger charge is -2.33. The SMILES string of the molecule is C=C/C=C\C=C(C)C.CC.CN(C)C/C=C/C(=O)Nc1ccccc1CCNC=O.CNCc1c(C=O)c2c3ccccc3n3c2c2c1c1c(n2C2(C)OC3CC2C)CCC=C1. The maximum atomic E-state index is 12.7. The number of hydrogen-bond acceptors (Lipinski definition) is 6. The summed E-state index contributed by atoms with van der Waals surface area (Å²) in [5.74, 6) is 0.226. The van der Waals surface area contributed by atoms with Crippen molar-refractivity contribution in [1.29, 1.82) is 0 Å². The van der Waals surface area contributed by atoms with Gasteiger partial charge in [0, 0.05) is 70.3 Å². The molecular weight excluding hydrogens is 773 g/mol. The molecule has 2 aromatic heterocycles. The predicted molar refractivity (Wildman–Crippen MR) is 259 cm³/mol. The summed E-state index contributed by atoms with van der Waals surface area (Å²) >= 11 is 0. The topological polar surface area (TPSA) is 110 Å². The highest BCUT2D eigenvalue weighted by atomic mass is 16.5. The Bertz CT molecular complexity index is 2510. The third-order valence-electron chi connectivity index (χ3n) is 11.5. The summed E-state index contributed by atoms with van der Waals surface area (Å²) in [7, 11) is 5.84. The van der Waals surface area contributed by atoms with Crippen molar-refractivity contribution >= 4 is 63.1 Å². The van der Waals surface area contributed by atoms with E-state index < -0.39 is 5.72 Å². The van der Waals surface area contributed by atoms with Gasteiger partial charge in [-0.15, -0.1) is 0 Å². The molecule has 62 heavy (non-hydrogen) atoms. The highest BCUT2D eigenvalue weighted by molar-refractivity contribution is 6.25. The number of likely N-dealkylation sites (N-methyl/N-ethyl adjacent to an activating group) is 1. The van der Waals surface area contributed by atoms with E-state index in [-0.39, 0.29) is 12.1 Å². The fraction of sp³-hybridized carbons (Fsp3) is 0.365. The lowest BCUT2D eigenvalue weighted by atomic mass is 9.93. The van der Waals surface area contributed by atoms with E-state index in [0.29, 0.717) is 31.8 Å². The summed E-state index contributed by atoms with van der Waals surface area (Å²) in [5.41, 5.74) is 10.7. The number of fused-ring (bicyclic) bond motifs is 10. The van der Waals surface area contributed by atoms with Crippen molar-refractivity contribution in [2.45, 2.75) is 85.7 Å². The van der Waals surface area contributed by atoms with Crippen molar-refractivity contribution in [3.05, 3.63) is 131 Å². The van der Waals surface area contributed by atoms with Gasteiger partial charge in [-0.3, -0.25) is 14.4 Å². The number of aromatic nitrogens is 2. The molecule has 2 aliphatic heterocycles. The number of aldehydes is 1. The van der Waals surface area contributed by atoms with E-state index in [0.717, 1.165) is 76.3 Å². The molecule has 1 saturated heterocycles. The molecular formula is C52H66N6O4. The molecule has 4 heterocycles. The molecule has 1 fully saturated rings. The normalized spacial score (nSPS) is 18.1. The highest BCUT2D eigenvalue weighted by Crippen LogP contribution is 2.55. The average Bonchev–Trinajstić information content (AvgIpc) is 3.87. The molecule has 3 aliphatic rings. The van der Waals surface area contributed by atoms with Gasteiger partial charge in [-0.25, -0.2) is 0 Å². The molecule has 3 atom stereocenters. The van der Waals surface area contributed by atoms with Gasteiger partial charge in [-0.1, -0.05) is 112 Å². The Labute approximate surface area is 368 Å². The predicted octanol–water partition coefficient (Wildman–Crippen LogP) is 10.2. The zero-order valence-corrected chi connectivity index (χ0v) is 38.2. The highest BCUT2D eigenvalue weighted by Gasteiger charge is 2.50. The van der Waals surface area contributed by atoms with E-state index in [9.17, 15) is 14.4 Å². The average molecular weight is 839 g/mol. The van der Waals surface area contributed by atoms with Crippen LogP contribution in [0.2, 0.25) is 0 Å². The summed E-state index contributed by atoms with van der Waals surface area (Å²) in [6.45, 7) is 18.2. The standard InChI is InChI=1S/C27H27N3O2.C15H21N3O2.C8H12.C2H6/c1-15-12-22-29-20-10-6-4-8-16(20)24-19(14-31)18(13-28-3)23-17-9-5-7-11-21(17)30(26(23)25(24)29)27(15,2)32-22;1-18(2)11-5-8-15(20)17-14-7-4-3-6-13(14)9-10-16-12-19;1-4-5-6-7-8(2)3;1-2/h4-6,8-10,14-15,22,28H,7,11-13H2,1-3H3;3-8,12H,9-11H2,1-2H3,(H,16,19)(H,17,20);4-7H,1H2,2-3H3;1-2H3/b;8-5+;6-5-;. The number of nitrogens with zero attached hydrogens (tertiary/aromatic N) is 3. The molecule has 5 aromatic rings. The monoisotopic (exact) mass is 839 g/mol. The first-order chi connectivity index (χ1) is 30.0. The number of ether oxygens (including phenoxy) is 1. The summed E-state index contributed by atoms with van der Waals surface area (Å²) in [5, 5.41) is 12.2. The van der Waals surface area contributed by atoms with Crippen LogP contribution in [-0.2, 0) is 39.4 Å². The number of nitrogens with one attached hydrogen (secondary N) is 3. The molecule has 328 valence electrons. The zero-order valence-electron chi connectivity index (χ0n) is 38.2. The van der Waals surface area contributed by atoms with Crippen LogP contribution >= 0.6 is 0 Å². The molecule has 0 saturated carbocycles. The smallest absolute Gasteiger partial charge is 0.248 e. The Hall–Kier alpha value is -5.81. The third kappa shape index (κ3) is 9.78.